The van der Waals surface area contributed by atoms with Gasteiger partial charge in [0.2, 0.25) is 0 Å². The summed E-state index contributed by atoms with van der Waals surface area (Å²) in [6, 6.07) is 2.53. The van der Waals surface area contributed by atoms with Gasteiger partial charge in [-0.05, 0) is 25.2 Å². The molecule has 2 rings (SSSR count). The zero-order valence-corrected chi connectivity index (χ0v) is 13.2. The molecule has 3 atom stereocenters. The van der Waals surface area contributed by atoms with Crippen LogP contribution >= 0.6 is 0 Å². The molecule has 0 aromatic carbocycles. The molecule has 0 bridgehead atoms. The maximum Gasteiger partial charge on any atom is 0.158 e. The second kappa shape index (κ2) is 6.39. The SMILES string of the molecule is CNc1cc(N2CC(C)CC(C)C2C)nc(COC)n1. The Balaban J connectivity index is 2.32. The van der Waals surface area contributed by atoms with E-state index in [2.05, 4.69) is 41.0 Å². The Bertz CT molecular complexity index is 451. The topological polar surface area (TPSA) is 50.3 Å². The van der Waals surface area contributed by atoms with Crippen LogP contribution in [0.2, 0.25) is 0 Å². The van der Waals surface area contributed by atoms with Crippen LogP contribution < -0.4 is 10.2 Å². The van der Waals surface area contributed by atoms with E-state index in [1.807, 2.05) is 13.1 Å². The summed E-state index contributed by atoms with van der Waals surface area (Å²) in [6.45, 7) is 8.41. The molecule has 112 valence electrons. The van der Waals surface area contributed by atoms with Gasteiger partial charge in [0.25, 0.3) is 0 Å². The molecule has 5 nitrogen and oxygen atoms in total. The van der Waals surface area contributed by atoms with Gasteiger partial charge < -0.3 is 15.0 Å². The molecule has 1 aliphatic heterocycles. The smallest absolute Gasteiger partial charge is 0.158 e. The van der Waals surface area contributed by atoms with Crippen LogP contribution in [0.25, 0.3) is 0 Å². The summed E-state index contributed by atoms with van der Waals surface area (Å²) in [5, 5.41) is 3.11. The number of hydrogen-bond donors (Lipinski definition) is 1. The molecule has 1 N–H and O–H groups in total. The number of rotatable bonds is 4. The first-order valence-corrected chi connectivity index (χ1v) is 7.36. The zero-order chi connectivity index (χ0) is 14.7. The van der Waals surface area contributed by atoms with Crippen molar-refractivity contribution in [3.05, 3.63) is 11.9 Å². The lowest BCUT2D eigenvalue weighted by atomic mass is 9.86. The Labute approximate surface area is 121 Å². The summed E-state index contributed by atoms with van der Waals surface area (Å²) in [4.78, 5) is 11.5. The molecule has 0 saturated carbocycles. The van der Waals surface area contributed by atoms with Gasteiger partial charge in [-0.25, -0.2) is 9.97 Å². The summed E-state index contributed by atoms with van der Waals surface area (Å²) in [5.41, 5.74) is 0. The largest absolute Gasteiger partial charge is 0.377 e. The number of nitrogens with zero attached hydrogens (tertiary/aromatic N) is 3. The Hall–Kier alpha value is -1.36. The molecule has 2 heterocycles. The molecule has 0 aliphatic carbocycles. The fourth-order valence-electron chi connectivity index (χ4n) is 2.97. The van der Waals surface area contributed by atoms with E-state index in [0.29, 0.717) is 24.5 Å². The number of piperidine rings is 1. The molecule has 1 aliphatic rings. The number of ether oxygens (including phenoxy) is 1. The number of aromatic nitrogens is 2. The molecule has 0 amide bonds. The Morgan fingerprint density at radius 3 is 2.75 bits per heavy atom. The van der Waals surface area contributed by atoms with Crippen LogP contribution in [-0.2, 0) is 11.3 Å². The maximum absolute atomic E-state index is 5.17. The van der Waals surface area contributed by atoms with Crippen LogP contribution in [0, 0.1) is 11.8 Å². The van der Waals surface area contributed by atoms with E-state index in [1.165, 1.54) is 6.42 Å². The minimum atomic E-state index is 0.440. The average molecular weight is 278 g/mol. The van der Waals surface area contributed by atoms with Crippen molar-refractivity contribution in [2.24, 2.45) is 11.8 Å². The molecule has 5 heteroatoms. The van der Waals surface area contributed by atoms with Crippen molar-refractivity contribution in [2.45, 2.75) is 39.8 Å². The lowest BCUT2D eigenvalue weighted by molar-refractivity contribution is 0.178. The monoisotopic (exact) mass is 278 g/mol. The second-order valence-corrected chi connectivity index (χ2v) is 5.92. The van der Waals surface area contributed by atoms with Gasteiger partial charge in [0, 0.05) is 32.8 Å². The third-order valence-electron chi connectivity index (χ3n) is 4.18. The highest BCUT2D eigenvalue weighted by atomic mass is 16.5. The van der Waals surface area contributed by atoms with Gasteiger partial charge in [0.1, 0.15) is 18.2 Å². The first-order chi connectivity index (χ1) is 9.55. The van der Waals surface area contributed by atoms with Crippen LogP contribution in [0.15, 0.2) is 6.07 Å². The number of nitrogens with one attached hydrogen (secondary N) is 1. The van der Waals surface area contributed by atoms with Gasteiger partial charge in [0.15, 0.2) is 5.82 Å². The fourth-order valence-corrected chi connectivity index (χ4v) is 2.97. The van der Waals surface area contributed by atoms with Crippen LogP contribution in [0.5, 0.6) is 0 Å². The molecule has 1 fully saturated rings. The quantitative estimate of drug-likeness (QED) is 0.917. The zero-order valence-electron chi connectivity index (χ0n) is 13.2. The van der Waals surface area contributed by atoms with Crippen molar-refractivity contribution in [3.63, 3.8) is 0 Å². The highest BCUT2D eigenvalue weighted by Gasteiger charge is 2.30. The van der Waals surface area contributed by atoms with E-state index < -0.39 is 0 Å². The lowest BCUT2D eigenvalue weighted by Crippen LogP contribution is -2.46. The van der Waals surface area contributed by atoms with Crippen molar-refractivity contribution < 1.29 is 4.74 Å². The van der Waals surface area contributed by atoms with E-state index in [4.69, 9.17) is 4.74 Å². The molecule has 1 saturated heterocycles. The Morgan fingerprint density at radius 1 is 1.35 bits per heavy atom. The highest BCUT2D eigenvalue weighted by molar-refractivity contribution is 5.50. The van der Waals surface area contributed by atoms with Gasteiger partial charge >= 0.3 is 0 Å². The summed E-state index contributed by atoms with van der Waals surface area (Å²) >= 11 is 0. The highest BCUT2D eigenvalue weighted by Crippen LogP contribution is 2.31. The van der Waals surface area contributed by atoms with Gasteiger partial charge in [-0.3, -0.25) is 0 Å². The van der Waals surface area contributed by atoms with E-state index in [9.17, 15) is 0 Å². The first-order valence-electron chi connectivity index (χ1n) is 7.36. The van der Waals surface area contributed by atoms with Crippen LogP contribution in [-0.4, -0.2) is 36.7 Å². The third-order valence-corrected chi connectivity index (χ3v) is 4.18. The predicted molar refractivity (Wildman–Crippen MR) is 82.0 cm³/mol. The molecule has 1 aromatic heterocycles. The molecule has 0 spiro atoms. The number of anilines is 2. The summed E-state index contributed by atoms with van der Waals surface area (Å²) in [5.74, 6) is 3.95. The second-order valence-electron chi connectivity index (χ2n) is 5.92. The van der Waals surface area contributed by atoms with Crippen molar-refractivity contribution in [2.75, 3.05) is 30.9 Å². The van der Waals surface area contributed by atoms with E-state index in [1.54, 1.807) is 7.11 Å². The molecular formula is C15H26N4O. The average Bonchev–Trinajstić information content (AvgIpc) is 2.42. The Kier molecular flexibility index (Phi) is 4.81. The van der Waals surface area contributed by atoms with E-state index in [0.717, 1.165) is 24.0 Å². The summed E-state index contributed by atoms with van der Waals surface area (Å²) in [6.07, 6.45) is 1.28. The van der Waals surface area contributed by atoms with Crippen molar-refractivity contribution >= 4 is 11.6 Å². The standard InChI is InChI=1S/C15H26N4O/c1-10-6-11(2)12(3)19(8-10)15-7-13(16-4)17-14(18-15)9-20-5/h7,10-12H,6,8-9H2,1-5H3,(H,16,17,18). The van der Waals surface area contributed by atoms with Gasteiger partial charge in [-0.2, -0.15) is 0 Å². The molecule has 1 aromatic rings. The first kappa shape index (κ1) is 15.0. The maximum atomic E-state index is 5.17. The van der Waals surface area contributed by atoms with Gasteiger partial charge in [-0.1, -0.05) is 13.8 Å². The van der Waals surface area contributed by atoms with Crippen molar-refractivity contribution in [1.82, 2.24) is 9.97 Å². The van der Waals surface area contributed by atoms with Gasteiger partial charge in [-0.15, -0.1) is 0 Å². The van der Waals surface area contributed by atoms with Crippen molar-refractivity contribution in [3.8, 4) is 0 Å². The predicted octanol–water partition coefficient (Wildman–Crippen LogP) is 2.54. The number of methoxy groups -OCH3 is 1. The lowest BCUT2D eigenvalue weighted by Gasteiger charge is -2.42. The van der Waals surface area contributed by atoms with Gasteiger partial charge in [0.05, 0.1) is 0 Å². The van der Waals surface area contributed by atoms with Crippen LogP contribution in [0.4, 0.5) is 11.6 Å². The molecular weight excluding hydrogens is 252 g/mol. The van der Waals surface area contributed by atoms with Crippen LogP contribution in [0.3, 0.4) is 0 Å². The van der Waals surface area contributed by atoms with Crippen LogP contribution in [0.1, 0.15) is 33.0 Å². The van der Waals surface area contributed by atoms with E-state index >= 15 is 0 Å². The molecule has 0 radical (unpaired) electrons. The summed E-state index contributed by atoms with van der Waals surface area (Å²) in [7, 11) is 3.55. The number of hydrogen-bond acceptors (Lipinski definition) is 5. The minimum absolute atomic E-state index is 0.440. The fraction of sp³-hybridized carbons (Fsp3) is 0.733. The third kappa shape index (κ3) is 3.20. The normalized spacial score (nSPS) is 26.6. The summed E-state index contributed by atoms with van der Waals surface area (Å²) < 4.78 is 5.17. The minimum Gasteiger partial charge on any atom is -0.377 e. The molecule has 20 heavy (non-hydrogen) atoms. The van der Waals surface area contributed by atoms with E-state index in [-0.39, 0.29) is 0 Å². The van der Waals surface area contributed by atoms with Crippen molar-refractivity contribution in [1.29, 1.82) is 0 Å². The molecule has 3 unspecified atom stereocenters. The Morgan fingerprint density at radius 2 is 2.10 bits per heavy atom.